The minimum absolute atomic E-state index is 0.00567. The van der Waals surface area contributed by atoms with E-state index in [1.165, 1.54) is 0 Å². The van der Waals surface area contributed by atoms with Crippen molar-refractivity contribution in [3.8, 4) is 5.75 Å². The molecular formula is C20H23N3O4. The number of hydroxylamine groups is 1. The Bertz CT molecular complexity index is 820. The van der Waals surface area contributed by atoms with E-state index in [1.807, 2.05) is 38.1 Å². The molecule has 3 N–H and O–H groups in total. The lowest BCUT2D eigenvalue weighted by atomic mass is 10.1. The van der Waals surface area contributed by atoms with Crippen molar-refractivity contribution in [1.82, 2.24) is 5.48 Å². The van der Waals surface area contributed by atoms with Crippen LogP contribution in [0.4, 0.5) is 11.4 Å². The topological polar surface area (TPSA) is 90.9 Å². The van der Waals surface area contributed by atoms with Crippen molar-refractivity contribution >= 4 is 23.2 Å². The van der Waals surface area contributed by atoms with Gasteiger partial charge in [-0.25, -0.2) is 5.48 Å². The second-order valence-electron chi connectivity index (χ2n) is 6.66. The summed E-state index contributed by atoms with van der Waals surface area (Å²) in [4.78, 5) is 25.9. The SMILES string of the molecule is CC(C)Oc1cccc(N2CCC(Nc3ccc(C(=O)NO)cc3)C2=O)c1. The number of hydrogen-bond donors (Lipinski definition) is 3. The van der Waals surface area contributed by atoms with Crippen LogP contribution in [0.15, 0.2) is 48.5 Å². The van der Waals surface area contributed by atoms with E-state index in [9.17, 15) is 9.59 Å². The minimum Gasteiger partial charge on any atom is -0.491 e. The van der Waals surface area contributed by atoms with Gasteiger partial charge in [0.2, 0.25) is 5.91 Å². The summed E-state index contributed by atoms with van der Waals surface area (Å²) in [6, 6.07) is 13.8. The number of nitrogens with one attached hydrogen (secondary N) is 2. The Morgan fingerprint density at radius 1 is 1.22 bits per heavy atom. The van der Waals surface area contributed by atoms with Gasteiger partial charge in [0.05, 0.1) is 6.10 Å². The van der Waals surface area contributed by atoms with Crippen LogP contribution in [-0.2, 0) is 4.79 Å². The number of hydrogen-bond acceptors (Lipinski definition) is 5. The molecule has 2 aromatic rings. The van der Waals surface area contributed by atoms with Gasteiger partial charge in [-0.2, -0.15) is 0 Å². The molecule has 0 radical (unpaired) electrons. The molecule has 2 amide bonds. The van der Waals surface area contributed by atoms with Crippen molar-refractivity contribution in [2.75, 3.05) is 16.8 Å². The average molecular weight is 369 g/mol. The summed E-state index contributed by atoms with van der Waals surface area (Å²) < 4.78 is 5.71. The first-order valence-electron chi connectivity index (χ1n) is 8.87. The zero-order valence-electron chi connectivity index (χ0n) is 15.3. The molecule has 1 unspecified atom stereocenters. The monoisotopic (exact) mass is 369 g/mol. The van der Waals surface area contributed by atoms with Crippen LogP contribution in [0.3, 0.4) is 0 Å². The lowest BCUT2D eigenvalue weighted by molar-refractivity contribution is -0.117. The van der Waals surface area contributed by atoms with Gasteiger partial charge in [0.1, 0.15) is 11.8 Å². The molecule has 1 atom stereocenters. The molecule has 1 aliphatic heterocycles. The summed E-state index contributed by atoms with van der Waals surface area (Å²) in [5.41, 5.74) is 3.48. The molecule has 0 spiro atoms. The van der Waals surface area contributed by atoms with E-state index in [2.05, 4.69) is 5.32 Å². The summed E-state index contributed by atoms with van der Waals surface area (Å²) in [5.74, 6) is 0.159. The third-order valence-corrected chi connectivity index (χ3v) is 4.30. The Morgan fingerprint density at radius 2 is 1.96 bits per heavy atom. The van der Waals surface area contributed by atoms with Crippen LogP contribution in [-0.4, -0.2) is 35.7 Å². The fourth-order valence-corrected chi connectivity index (χ4v) is 3.05. The Labute approximate surface area is 157 Å². The molecule has 2 aromatic carbocycles. The molecule has 7 nitrogen and oxygen atoms in total. The van der Waals surface area contributed by atoms with E-state index in [4.69, 9.17) is 9.94 Å². The third-order valence-electron chi connectivity index (χ3n) is 4.30. The molecular weight excluding hydrogens is 346 g/mol. The fourth-order valence-electron chi connectivity index (χ4n) is 3.05. The average Bonchev–Trinajstić information content (AvgIpc) is 3.02. The van der Waals surface area contributed by atoms with Gasteiger partial charge in [-0.1, -0.05) is 6.07 Å². The molecule has 7 heteroatoms. The second kappa shape index (κ2) is 8.09. The number of rotatable bonds is 6. The van der Waals surface area contributed by atoms with Crippen molar-refractivity contribution in [1.29, 1.82) is 0 Å². The molecule has 1 heterocycles. The number of anilines is 2. The number of ether oxygens (including phenoxy) is 1. The van der Waals surface area contributed by atoms with Crippen LogP contribution >= 0.6 is 0 Å². The summed E-state index contributed by atoms with van der Waals surface area (Å²) >= 11 is 0. The molecule has 27 heavy (non-hydrogen) atoms. The van der Waals surface area contributed by atoms with Gasteiger partial charge >= 0.3 is 0 Å². The predicted octanol–water partition coefficient (Wildman–Crippen LogP) is 2.81. The molecule has 1 fully saturated rings. The Morgan fingerprint density at radius 3 is 2.63 bits per heavy atom. The first kappa shape index (κ1) is 18.7. The molecule has 0 saturated carbocycles. The summed E-state index contributed by atoms with van der Waals surface area (Å²) in [7, 11) is 0. The van der Waals surface area contributed by atoms with Crippen molar-refractivity contribution in [3.05, 3.63) is 54.1 Å². The number of amides is 2. The first-order valence-corrected chi connectivity index (χ1v) is 8.87. The Kier molecular flexibility index (Phi) is 5.61. The number of nitrogens with zero attached hydrogens (tertiary/aromatic N) is 1. The van der Waals surface area contributed by atoms with Gasteiger partial charge in [0, 0.05) is 29.5 Å². The van der Waals surface area contributed by atoms with E-state index < -0.39 is 5.91 Å². The van der Waals surface area contributed by atoms with Crippen LogP contribution in [0.25, 0.3) is 0 Å². The smallest absolute Gasteiger partial charge is 0.274 e. The van der Waals surface area contributed by atoms with Crippen molar-refractivity contribution in [3.63, 3.8) is 0 Å². The number of benzene rings is 2. The van der Waals surface area contributed by atoms with Crippen LogP contribution < -0.4 is 20.4 Å². The largest absolute Gasteiger partial charge is 0.491 e. The highest BCUT2D eigenvalue weighted by atomic mass is 16.5. The molecule has 0 aliphatic carbocycles. The van der Waals surface area contributed by atoms with Crippen LogP contribution in [0, 0.1) is 0 Å². The minimum atomic E-state index is -0.576. The van der Waals surface area contributed by atoms with Gasteiger partial charge in [0.25, 0.3) is 5.91 Å². The maximum atomic E-state index is 12.8. The second-order valence-corrected chi connectivity index (χ2v) is 6.66. The molecule has 142 valence electrons. The molecule has 1 aliphatic rings. The van der Waals surface area contributed by atoms with Crippen molar-refractivity contribution in [2.45, 2.75) is 32.4 Å². The van der Waals surface area contributed by atoms with E-state index in [0.29, 0.717) is 18.5 Å². The summed E-state index contributed by atoms with van der Waals surface area (Å²) in [6.07, 6.45) is 0.743. The van der Waals surface area contributed by atoms with Gasteiger partial charge in [-0.05, 0) is 56.7 Å². The Hall–Kier alpha value is -3.06. The van der Waals surface area contributed by atoms with Crippen molar-refractivity contribution < 1.29 is 19.5 Å². The van der Waals surface area contributed by atoms with Gasteiger partial charge in [-0.3, -0.25) is 14.8 Å². The molecule has 0 bridgehead atoms. The third kappa shape index (κ3) is 4.38. The van der Waals surface area contributed by atoms with Crippen LogP contribution in [0.2, 0.25) is 0 Å². The van der Waals surface area contributed by atoms with Crippen LogP contribution in [0.5, 0.6) is 5.75 Å². The summed E-state index contributed by atoms with van der Waals surface area (Å²) in [6.45, 7) is 4.54. The van der Waals surface area contributed by atoms with E-state index >= 15 is 0 Å². The quantitative estimate of drug-likeness (QED) is 0.538. The Balaban J connectivity index is 1.67. The van der Waals surface area contributed by atoms with E-state index in [-0.39, 0.29) is 18.1 Å². The maximum Gasteiger partial charge on any atom is 0.274 e. The van der Waals surface area contributed by atoms with Crippen molar-refractivity contribution in [2.24, 2.45) is 0 Å². The normalized spacial score (nSPS) is 16.5. The zero-order chi connectivity index (χ0) is 19.4. The standard InChI is InChI=1S/C20H23N3O4/c1-13(2)27-17-5-3-4-16(12-17)23-11-10-18(20(23)25)21-15-8-6-14(7-9-15)19(24)22-26/h3-9,12-13,18,21,26H,10-11H2,1-2H3,(H,22,24). The molecule has 1 saturated heterocycles. The van der Waals surface area contributed by atoms with Gasteiger partial charge in [0.15, 0.2) is 0 Å². The summed E-state index contributed by atoms with van der Waals surface area (Å²) in [5, 5.41) is 11.9. The first-order chi connectivity index (χ1) is 13.0. The van der Waals surface area contributed by atoms with E-state index in [1.54, 1.807) is 34.6 Å². The lowest BCUT2D eigenvalue weighted by Gasteiger charge is -2.19. The van der Waals surface area contributed by atoms with Gasteiger partial charge < -0.3 is 15.0 Å². The number of carbonyl (C=O) groups is 2. The molecule has 3 rings (SSSR count). The highest BCUT2D eigenvalue weighted by molar-refractivity contribution is 6.01. The fraction of sp³-hybridized carbons (Fsp3) is 0.300. The van der Waals surface area contributed by atoms with E-state index in [0.717, 1.165) is 17.1 Å². The lowest BCUT2D eigenvalue weighted by Crippen LogP contribution is -2.33. The highest BCUT2D eigenvalue weighted by Gasteiger charge is 2.32. The van der Waals surface area contributed by atoms with Gasteiger partial charge in [-0.15, -0.1) is 0 Å². The highest BCUT2D eigenvalue weighted by Crippen LogP contribution is 2.27. The molecule has 0 aromatic heterocycles. The maximum absolute atomic E-state index is 12.8. The van der Waals surface area contributed by atoms with Crippen LogP contribution in [0.1, 0.15) is 30.6 Å². The number of carbonyl (C=O) groups excluding carboxylic acids is 2. The zero-order valence-corrected chi connectivity index (χ0v) is 15.3. The predicted molar refractivity (Wildman–Crippen MR) is 102 cm³/mol.